The first kappa shape index (κ1) is 14.2. The number of carbonyl (C=O) groups excluding carboxylic acids is 3. The Morgan fingerprint density at radius 3 is 2.26 bits per heavy atom. The van der Waals surface area contributed by atoms with E-state index in [2.05, 4.69) is 5.43 Å². The van der Waals surface area contributed by atoms with Gasteiger partial charge in [-0.05, 0) is 30.2 Å². The number of aryl methyl sites for hydroxylation is 1. The van der Waals surface area contributed by atoms with Crippen LogP contribution in [0.2, 0.25) is 0 Å². The van der Waals surface area contributed by atoms with E-state index in [0.717, 1.165) is 17.0 Å². The van der Waals surface area contributed by atoms with Crippen molar-refractivity contribution < 1.29 is 14.4 Å². The van der Waals surface area contributed by atoms with Crippen molar-refractivity contribution in [1.82, 2.24) is 10.4 Å². The van der Waals surface area contributed by atoms with Crippen LogP contribution in [0.25, 0.3) is 0 Å². The number of rotatable bonds is 4. The van der Waals surface area contributed by atoms with Crippen molar-refractivity contribution in [1.29, 1.82) is 0 Å². The van der Waals surface area contributed by atoms with Crippen LogP contribution < -0.4 is 5.43 Å². The standard InChI is InChI=1S/C18H18N2O3/c21-14(9-6-11-4-2-1-3-5-11)19-20-17(22)15-12-7-8-13(10-12)16(15)18(20)23/h1-5,7-8,12-13,15-16H,6,9-10H2,(H,19,21)/t12-,13+,15+,16-. The molecule has 5 heteroatoms. The van der Waals surface area contributed by atoms with Crippen molar-refractivity contribution in [3.05, 3.63) is 48.0 Å². The fourth-order valence-electron chi connectivity index (χ4n) is 4.10. The summed E-state index contributed by atoms with van der Waals surface area (Å²) in [5.74, 6) is -1.01. The third-order valence-corrected chi connectivity index (χ3v) is 5.19. The highest BCUT2D eigenvalue weighted by Gasteiger charge is 2.59. The van der Waals surface area contributed by atoms with E-state index in [1.165, 1.54) is 0 Å². The normalized spacial score (nSPS) is 30.9. The maximum atomic E-state index is 12.5. The molecule has 2 aliphatic carbocycles. The fraction of sp³-hybridized carbons (Fsp3) is 0.389. The number of benzene rings is 1. The smallest absolute Gasteiger partial charge is 0.252 e. The van der Waals surface area contributed by atoms with E-state index in [4.69, 9.17) is 0 Å². The van der Waals surface area contributed by atoms with Crippen molar-refractivity contribution in [2.75, 3.05) is 0 Å². The zero-order valence-electron chi connectivity index (χ0n) is 12.6. The van der Waals surface area contributed by atoms with E-state index >= 15 is 0 Å². The van der Waals surface area contributed by atoms with Crippen molar-refractivity contribution in [3.8, 4) is 0 Å². The summed E-state index contributed by atoms with van der Waals surface area (Å²) in [6.07, 6.45) is 5.81. The van der Waals surface area contributed by atoms with Gasteiger partial charge in [-0.3, -0.25) is 19.8 Å². The van der Waals surface area contributed by atoms with Crippen molar-refractivity contribution in [2.24, 2.45) is 23.7 Å². The van der Waals surface area contributed by atoms with E-state index in [1.54, 1.807) is 0 Å². The molecule has 0 radical (unpaired) electrons. The van der Waals surface area contributed by atoms with Crippen LogP contribution >= 0.6 is 0 Å². The lowest BCUT2D eigenvalue weighted by molar-refractivity contribution is -0.149. The zero-order valence-corrected chi connectivity index (χ0v) is 12.6. The van der Waals surface area contributed by atoms with Gasteiger partial charge in [0.05, 0.1) is 11.8 Å². The quantitative estimate of drug-likeness (QED) is 0.676. The molecule has 1 aromatic rings. The Labute approximate surface area is 134 Å². The molecule has 0 spiro atoms. The Morgan fingerprint density at radius 1 is 1.04 bits per heavy atom. The van der Waals surface area contributed by atoms with Crippen LogP contribution in [0.5, 0.6) is 0 Å². The maximum absolute atomic E-state index is 12.5. The minimum absolute atomic E-state index is 0.160. The van der Waals surface area contributed by atoms with E-state index in [-0.39, 0.29) is 47.8 Å². The highest BCUT2D eigenvalue weighted by molar-refractivity contribution is 6.07. The van der Waals surface area contributed by atoms with Crippen LogP contribution in [-0.4, -0.2) is 22.7 Å². The molecule has 5 nitrogen and oxygen atoms in total. The molecule has 1 aliphatic heterocycles. The molecule has 3 amide bonds. The van der Waals surface area contributed by atoms with Gasteiger partial charge in [0, 0.05) is 6.42 Å². The van der Waals surface area contributed by atoms with Gasteiger partial charge < -0.3 is 0 Å². The number of imide groups is 1. The lowest BCUT2D eigenvalue weighted by atomic mass is 9.85. The zero-order chi connectivity index (χ0) is 16.0. The van der Waals surface area contributed by atoms with Gasteiger partial charge in [-0.2, -0.15) is 5.01 Å². The van der Waals surface area contributed by atoms with E-state index in [9.17, 15) is 14.4 Å². The summed E-state index contributed by atoms with van der Waals surface area (Å²) in [6.45, 7) is 0. The number of fused-ring (bicyclic) bond motifs is 5. The molecular weight excluding hydrogens is 292 g/mol. The molecule has 2 bridgehead atoms. The lowest BCUT2D eigenvalue weighted by Crippen LogP contribution is -2.47. The molecule has 0 unspecified atom stereocenters. The topological polar surface area (TPSA) is 66.5 Å². The van der Waals surface area contributed by atoms with Gasteiger partial charge in [0.2, 0.25) is 5.91 Å². The predicted octanol–water partition coefficient (Wildman–Crippen LogP) is 1.46. The number of allylic oxidation sites excluding steroid dienone is 2. The second kappa shape index (κ2) is 5.33. The van der Waals surface area contributed by atoms with Gasteiger partial charge in [-0.1, -0.05) is 42.5 Å². The maximum Gasteiger partial charge on any atom is 0.252 e. The third-order valence-electron chi connectivity index (χ3n) is 5.19. The van der Waals surface area contributed by atoms with Crippen molar-refractivity contribution >= 4 is 17.7 Å². The van der Waals surface area contributed by atoms with Crippen LogP contribution in [0.4, 0.5) is 0 Å². The lowest BCUT2D eigenvalue weighted by Gasteiger charge is -2.17. The average Bonchev–Trinajstić information content (AvgIpc) is 3.24. The molecule has 23 heavy (non-hydrogen) atoms. The Hall–Kier alpha value is -2.43. The predicted molar refractivity (Wildman–Crippen MR) is 82.5 cm³/mol. The minimum Gasteiger partial charge on any atom is -0.273 e. The van der Waals surface area contributed by atoms with Gasteiger partial charge in [0.15, 0.2) is 0 Å². The molecule has 118 valence electrons. The van der Waals surface area contributed by atoms with Gasteiger partial charge in [0.25, 0.3) is 11.8 Å². The molecule has 0 aromatic heterocycles. The van der Waals surface area contributed by atoms with Crippen molar-refractivity contribution in [2.45, 2.75) is 19.3 Å². The molecule has 4 rings (SSSR count). The molecule has 1 saturated heterocycles. The molecule has 3 aliphatic rings. The highest BCUT2D eigenvalue weighted by Crippen LogP contribution is 2.52. The largest absolute Gasteiger partial charge is 0.273 e. The van der Waals surface area contributed by atoms with Crippen molar-refractivity contribution in [3.63, 3.8) is 0 Å². The van der Waals surface area contributed by atoms with Gasteiger partial charge in [0.1, 0.15) is 0 Å². The van der Waals surface area contributed by atoms with E-state index in [0.29, 0.717) is 6.42 Å². The second-order valence-corrected chi connectivity index (χ2v) is 6.53. The summed E-state index contributed by atoms with van der Waals surface area (Å²) in [5.41, 5.74) is 3.57. The van der Waals surface area contributed by atoms with Crippen LogP contribution in [0.15, 0.2) is 42.5 Å². The highest BCUT2D eigenvalue weighted by atomic mass is 16.2. The summed E-state index contributed by atoms with van der Waals surface area (Å²) in [5, 5.41) is 0.967. The van der Waals surface area contributed by atoms with Gasteiger partial charge in [-0.15, -0.1) is 0 Å². The molecule has 1 heterocycles. The molecular formula is C18H18N2O3. The fourth-order valence-corrected chi connectivity index (χ4v) is 4.10. The molecule has 2 fully saturated rings. The molecule has 1 aromatic carbocycles. The number of hydrazine groups is 1. The number of nitrogens with zero attached hydrogens (tertiary/aromatic N) is 1. The van der Waals surface area contributed by atoms with Crippen LogP contribution in [0, 0.1) is 23.7 Å². The summed E-state index contributed by atoms with van der Waals surface area (Å²) in [4.78, 5) is 37.0. The Morgan fingerprint density at radius 2 is 1.65 bits per heavy atom. The summed E-state index contributed by atoms with van der Waals surface area (Å²) >= 11 is 0. The number of carbonyl (C=O) groups is 3. The second-order valence-electron chi connectivity index (χ2n) is 6.53. The minimum atomic E-state index is -0.296. The first-order chi connectivity index (χ1) is 11.1. The van der Waals surface area contributed by atoms with Gasteiger partial charge >= 0.3 is 0 Å². The summed E-state index contributed by atoms with van der Waals surface area (Å²) < 4.78 is 0. The Balaban J connectivity index is 1.39. The summed E-state index contributed by atoms with van der Waals surface area (Å²) in [6, 6.07) is 9.67. The molecule has 4 atom stereocenters. The Bertz CT molecular complexity index is 667. The number of hydrogen-bond acceptors (Lipinski definition) is 3. The van der Waals surface area contributed by atoms with Crippen LogP contribution in [-0.2, 0) is 20.8 Å². The van der Waals surface area contributed by atoms with E-state index < -0.39 is 0 Å². The number of nitrogens with one attached hydrogen (secondary N) is 1. The number of amides is 3. The third kappa shape index (κ3) is 2.27. The average molecular weight is 310 g/mol. The van der Waals surface area contributed by atoms with Gasteiger partial charge in [-0.25, -0.2) is 0 Å². The molecule has 1 saturated carbocycles. The SMILES string of the molecule is O=C(CCc1ccccc1)NN1C(=O)[C@@H]2[C@H](C1=O)[C@H]1C=C[C@@H]2C1. The first-order valence-corrected chi connectivity index (χ1v) is 8.04. The Kier molecular flexibility index (Phi) is 3.29. The first-order valence-electron chi connectivity index (χ1n) is 8.04. The summed E-state index contributed by atoms with van der Waals surface area (Å²) in [7, 11) is 0. The number of hydrogen-bond donors (Lipinski definition) is 1. The van der Waals surface area contributed by atoms with Crippen LogP contribution in [0.3, 0.4) is 0 Å². The monoisotopic (exact) mass is 310 g/mol. The van der Waals surface area contributed by atoms with E-state index in [1.807, 2.05) is 42.5 Å². The molecule has 1 N–H and O–H groups in total. The van der Waals surface area contributed by atoms with Crippen LogP contribution in [0.1, 0.15) is 18.4 Å².